The lowest BCUT2D eigenvalue weighted by Gasteiger charge is -2.14. The van der Waals surface area contributed by atoms with Crippen molar-refractivity contribution >= 4 is 5.97 Å². The molecule has 27 heavy (non-hydrogen) atoms. The highest BCUT2D eigenvalue weighted by Crippen LogP contribution is 2.23. The second kappa shape index (κ2) is 7.67. The van der Waals surface area contributed by atoms with Gasteiger partial charge in [0.1, 0.15) is 6.54 Å². The lowest BCUT2D eigenvalue weighted by atomic mass is 10.1. The van der Waals surface area contributed by atoms with E-state index in [0.29, 0.717) is 11.6 Å². The van der Waals surface area contributed by atoms with E-state index in [1.165, 1.54) is 23.1 Å². The molecule has 0 bridgehead atoms. The Morgan fingerprint density at radius 2 is 1.70 bits per heavy atom. The van der Waals surface area contributed by atoms with Crippen molar-refractivity contribution in [1.29, 1.82) is 0 Å². The number of aliphatic carboxylic acids is 1. The summed E-state index contributed by atoms with van der Waals surface area (Å²) in [5.74, 6) is 0.0970. The minimum Gasteiger partial charge on any atom is -0.480 e. The summed E-state index contributed by atoms with van der Waals surface area (Å²) in [5.41, 5.74) is 2.91. The van der Waals surface area contributed by atoms with Gasteiger partial charge in [0, 0.05) is 30.1 Å². The van der Waals surface area contributed by atoms with Gasteiger partial charge in [-0.3, -0.25) is 14.7 Å². The summed E-state index contributed by atoms with van der Waals surface area (Å²) in [5, 5.41) is 13.6. The van der Waals surface area contributed by atoms with Crippen LogP contribution in [0.1, 0.15) is 18.4 Å². The maximum absolute atomic E-state index is 11.2. The predicted molar refractivity (Wildman–Crippen MR) is 101 cm³/mol. The first-order chi connectivity index (χ1) is 13.2. The molecule has 7 nitrogen and oxygen atoms in total. The van der Waals surface area contributed by atoms with Gasteiger partial charge in [-0.1, -0.05) is 24.3 Å². The van der Waals surface area contributed by atoms with E-state index in [0.717, 1.165) is 30.8 Å². The number of benzene rings is 1. The van der Waals surface area contributed by atoms with Crippen molar-refractivity contribution in [2.24, 2.45) is 0 Å². The smallest absolute Gasteiger partial charge is 0.325 e. The predicted octanol–water partition coefficient (Wildman–Crippen LogP) is 2.69. The van der Waals surface area contributed by atoms with Crippen LogP contribution >= 0.6 is 0 Å². The lowest BCUT2D eigenvalue weighted by Crippen LogP contribution is -2.18. The van der Waals surface area contributed by atoms with Crippen LogP contribution in [0, 0.1) is 0 Å². The van der Waals surface area contributed by atoms with Crippen LogP contribution in [-0.2, 0) is 17.9 Å². The monoisotopic (exact) mass is 363 g/mol. The third-order valence-electron chi connectivity index (χ3n) is 4.71. The fraction of sp³-hybridized carbons (Fsp3) is 0.300. The molecule has 3 heterocycles. The topological polar surface area (TPSA) is 84.1 Å². The van der Waals surface area contributed by atoms with E-state index < -0.39 is 5.97 Å². The fourth-order valence-electron chi connectivity index (χ4n) is 3.38. The normalized spacial score (nSPS) is 14.5. The quantitative estimate of drug-likeness (QED) is 0.725. The van der Waals surface area contributed by atoms with Crippen molar-refractivity contribution in [1.82, 2.24) is 24.6 Å². The summed E-state index contributed by atoms with van der Waals surface area (Å²) in [7, 11) is 0. The highest BCUT2D eigenvalue weighted by molar-refractivity contribution is 5.69. The van der Waals surface area contributed by atoms with Crippen molar-refractivity contribution in [3.63, 3.8) is 0 Å². The van der Waals surface area contributed by atoms with E-state index in [2.05, 4.69) is 32.1 Å². The number of aromatic nitrogens is 4. The summed E-state index contributed by atoms with van der Waals surface area (Å²) in [6.45, 7) is 3.03. The van der Waals surface area contributed by atoms with Gasteiger partial charge < -0.3 is 5.11 Å². The molecule has 0 saturated carbocycles. The Morgan fingerprint density at radius 3 is 2.37 bits per heavy atom. The van der Waals surface area contributed by atoms with E-state index >= 15 is 0 Å². The van der Waals surface area contributed by atoms with Crippen molar-refractivity contribution in [2.45, 2.75) is 25.9 Å². The van der Waals surface area contributed by atoms with Crippen LogP contribution in [0.3, 0.4) is 0 Å². The van der Waals surface area contributed by atoms with Crippen LogP contribution in [0.25, 0.3) is 22.8 Å². The highest BCUT2D eigenvalue weighted by atomic mass is 16.4. The average Bonchev–Trinajstić information content (AvgIpc) is 3.33. The number of carboxylic acid groups (broad SMARTS) is 1. The Kier molecular flexibility index (Phi) is 4.93. The molecule has 0 spiro atoms. The van der Waals surface area contributed by atoms with E-state index in [4.69, 9.17) is 0 Å². The van der Waals surface area contributed by atoms with Gasteiger partial charge in [0.05, 0.1) is 0 Å². The van der Waals surface area contributed by atoms with Gasteiger partial charge in [-0.2, -0.15) is 0 Å². The van der Waals surface area contributed by atoms with Gasteiger partial charge in [-0.05, 0) is 43.6 Å². The molecule has 138 valence electrons. The standard InChI is InChI=1S/C20H21N5O2/c26-18(27)14-25-20(22-19(23-25)16-7-9-21-10-8-16)17-5-3-15(4-6-17)13-24-11-1-2-12-24/h3-10H,1-2,11-14H2,(H,26,27). The molecule has 2 aromatic heterocycles. The molecule has 1 aliphatic heterocycles. The molecule has 0 aliphatic carbocycles. The van der Waals surface area contributed by atoms with Crippen LogP contribution < -0.4 is 0 Å². The SMILES string of the molecule is O=C(O)Cn1nc(-c2ccncc2)nc1-c1ccc(CN2CCCC2)cc1. The van der Waals surface area contributed by atoms with Crippen LogP contribution in [0.2, 0.25) is 0 Å². The molecular weight excluding hydrogens is 342 g/mol. The average molecular weight is 363 g/mol. The van der Waals surface area contributed by atoms with E-state index in [1.807, 2.05) is 24.3 Å². The van der Waals surface area contributed by atoms with Crippen molar-refractivity contribution < 1.29 is 9.90 Å². The van der Waals surface area contributed by atoms with Crippen LogP contribution in [-0.4, -0.2) is 48.8 Å². The van der Waals surface area contributed by atoms with Crippen LogP contribution in [0.4, 0.5) is 0 Å². The van der Waals surface area contributed by atoms with E-state index in [9.17, 15) is 9.90 Å². The summed E-state index contributed by atoms with van der Waals surface area (Å²) < 4.78 is 1.44. The first-order valence-corrected chi connectivity index (χ1v) is 9.08. The van der Waals surface area contributed by atoms with Gasteiger partial charge >= 0.3 is 5.97 Å². The second-order valence-electron chi connectivity index (χ2n) is 6.73. The van der Waals surface area contributed by atoms with Crippen molar-refractivity contribution in [3.05, 3.63) is 54.4 Å². The summed E-state index contributed by atoms with van der Waals surface area (Å²) in [6.07, 6.45) is 5.88. The van der Waals surface area contributed by atoms with Gasteiger partial charge in [0.2, 0.25) is 0 Å². The molecule has 1 N–H and O–H groups in total. The first kappa shape index (κ1) is 17.4. The van der Waals surface area contributed by atoms with Gasteiger partial charge in [0.15, 0.2) is 11.6 Å². The second-order valence-corrected chi connectivity index (χ2v) is 6.73. The largest absolute Gasteiger partial charge is 0.480 e. The Hall–Kier alpha value is -3.06. The maximum atomic E-state index is 11.2. The Balaban J connectivity index is 1.63. The Labute approximate surface area is 157 Å². The zero-order chi connectivity index (χ0) is 18.6. The lowest BCUT2D eigenvalue weighted by molar-refractivity contribution is -0.137. The number of pyridine rings is 1. The fourth-order valence-corrected chi connectivity index (χ4v) is 3.38. The molecule has 7 heteroatoms. The molecular formula is C20H21N5O2. The zero-order valence-electron chi connectivity index (χ0n) is 15.0. The van der Waals surface area contributed by atoms with E-state index in [-0.39, 0.29) is 6.54 Å². The number of carboxylic acids is 1. The van der Waals surface area contributed by atoms with Gasteiger partial charge in [-0.25, -0.2) is 9.67 Å². The van der Waals surface area contributed by atoms with Crippen LogP contribution in [0.5, 0.6) is 0 Å². The minimum atomic E-state index is -0.951. The zero-order valence-corrected chi connectivity index (χ0v) is 15.0. The molecule has 1 saturated heterocycles. The number of hydrogen-bond acceptors (Lipinski definition) is 5. The molecule has 0 unspecified atom stereocenters. The molecule has 3 aromatic rings. The highest BCUT2D eigenvalue weighted by Gasteiger charge is 2.16. The molecule has 0 atom stereocenters. The van der Waals surface area contributed by atoms with Crippen molar-refractivity contribution in [3.8, 4) is 22.8 Å². The first-order valence-electron chi connectivity index (χ1n) is 9.08. The number of hydrogen-bond donors (Lipinski definition) is 1. The number of carbonyl (C=O) groups is 1. The number of rotatable bonds is 6. The molecule has 1 aliphatic rings. The van der Waals surface area contributed by atoms with Gasteiger partial charge in [-0.15, -0.1) is 5.10 Å². The number of nitrogens with zero attached hydrogens (tertiary/aromatic N) is 5. The molecule has 1 fully saturated rings. The number of likely N-dealkylation sites (tertiary alicyclic amines) is 1. The molecule has 4 rings (SSSR count). The summed E-state index contributed by atoms with van der Waals surface area (Å²) in [4.78, 5) is 22.3. The maximum Gasteiger partial charge on any atom is 0.325 e. The van der Waals surface area contributed by atoms with E-state index in [1.54, 1.807) is 12.4 Å². The molecule has 1 aromatic carbocycles. The van der Waals surface area contributed by atoms with Crippen molar-refractivity contribution in [2.75, 3.05) is 13.1 Å². The summed E-state index contributed by atoms with van der Waals surface area (Å²) in [6, 6.07) is 11.8. The third-order valence-corrected chi connectivity index (χ3v) is 4.71. The third kappa shape index (κ3) is 4.03. The summed E-state index contributed by atoms with van der Waals surface area (Å²) >= 11 is 0. The molecule has 0 amide bonds. The van der Waals surface area contributed by atoms with Gasteiger partial charge in [0.25, 0.3) is 0 Å². The minimum absolute atomic E-state index is 0.233. The Morgan fingerprint density at radius 1 is 1.00 bits per heavy atom. The Bertz CT molecular complexity index is 915. The molecule has 0 radical (unpaired) electrons. The van der Waals surface area contributed by atoms with Crippen LogP contribution in [0.15, 0.2) is 48.8 Å².